The molecule has 3 aromatic rings. The van der Waals surface area contributed by atoms with Crippen LogP contribution in [0.5, 0.6) is 11.5 Å². The lowest BCUT2D eigenvalue weighted by atomic mass is 9.99. The van der Waals surface area contributed by atoms with E-state index in [2.05, 4.69) is 10.3 Å². The lowest BCUT2D eigenvalue weighted by Gasteiger charge is -2.11. The number of thiazole rings is 1. The average molecular weight is 473 g/mol. The molecule has 1 aromatic carbocycles. The van der Waals surface area contributed by atoms with Crippen molar-refractivity contribution in [2.24, 2.45) is 0 Å². The van der Waals surface area contributed by atoms with Crippen LogP contribution in [0.15, 0.2) is 29.6 Å². The predicted octanol–water partition coefficient (Wildman–Crippen LogP) is 4.95. The van der Waals surface area contributed by atoms with Gasteiger partial charge < -0.3 is 14.2 Å². The number of aryl methyl sites for hydroxylation is 2. The highest BCUT2D eigenvalue weighted by Gasteiger charge is 2.23. The second-order valence-electron chi connectivity index (χ2n) is 7.41. The lowest BCUT2D eigenvalue weighted by molar-refractivity contribution is -0.123. The number of carbonyl (C=O) groups is 2. The summed E-state index contributed by atoms with van der Waals surface area (Å²) in [5, 5.41) is 4.99. The Hall–Kier alpha value is -2.91. The van der Waals surface area contributed by atoms with Crippen LogP contribution in [0, 0.1) is 0 Å². The van der Waals surface area contributed by atoms with Gasteiger partial charge in [0.1, 0.15) is 4.88 Å². The summed E-state index contributed by atoms with van der Waals surface area (Å²) in [7, 11) is 3.15. The maximum atomic E-state index is 12.5. The minimum Gasteiger partial charge on any atom is -0.493 e. The van der Waals surface area contributed by atoms with Gasteiger partial charge in [-0.3, -0.25) is 10.1 Å². The fourth-order valence-electron chi connectivity index (χ4n) is 3.53. The van der Waals surface area contributed by atoms with Crippen LogP contribution in [0.3, 0.4) is 0 Å². The summed E-state index contributed by atoms with van der Waals surface area (Å²) in [5.74, 6) is 0.340. The van der Waals surface area contributed by atoms with Crippen molar-refractivity contribution >= 4 is 39.7 Å². The zero-order valence-corrected chi connectivity index (χ0v) is 19.7. The van der Waals surface area contributed by atoms with Crippen LogP contribution in [0.2, 0.25) is 0 Å². The Morgan fingerprint density at radius 3 is 2.62 bits per heavy atom. The number of amides is 1. The Balaban J connectivity index is 1.38. The minimum atomic E-state index is -0.935. The van der Waals surface area contributed by atoms with Gasteiger partial charge in [-0.15, -0.1) is 22.7 Å². The zero-order valence-electron chi connectivity index (χ0n) is 18.1. The van der Waals surface area contributed by atoms with Gasteiger partial charge in [-0.2, -0.15) is 0 Å². The molecule has 4 rings (SSSR count). The van der Waals surface area contributed by atoms with E-state index in [1.165, 1.54) is 33.1 Å². The molecule has 0 saturated carbocycles. The smallest absolute Gasteiger partial charge is 0.349 e. The molecular formula is C23H24N2O5S2. The SMILES string of the molecule is COc1ccc(-c2csc(NC(=O)C(C)OC(=O)c3cc4c(s3)CCCC4)n2)cc1OC. The first-order chi connectivity index (χ1) is 15.5. The number of nitrogens with zero attached hydrogens (tertiary/aromatic N) is 1. The van der Waals surface area contributed by atoms with Crippen LogP contribution in [0.25, 0.3) is 11.3 Å². The van der Waals surface area contributed by atoms with Gasteiger partial charge in [0.05, 0.1) is 19.9 Å². The molecule has 0 spiro atoms. The molecule has 1 unspecified atom stereocenters. The van der Waals surface area contributed by atoms with Gasteiger partial charge in [0, 0.05) is 15.8 Å². The second kappa shape index (κ2) is 9.70. The number of hydrogen-bond acceptors (Lipinski definition) is 8. The number of esters is 1. The van der Waals surface area contributed by atoms with E-state index < -0.39 is 18.0 Å². The van der Waals surface area contributed by atoms with Gasteiger partial charge in [0.15, 0.2) is 22.7 Å². The first kappa shape index (κ1) is 22.3. The van der Waals surface area contributed by atoms with E-state index in [0.717, 1.165) is 31.2 Å². The molecule has 0 bridgehead atoms. The van der Waals surface area contributed by atoms with Gasteiger partial charge in [-0.25, -0.2) is 9.78 Å². The molecule has 0 saturated heterocycles. The van der Waals surface area contributed by atoms with Crippen LogP contribution in [-0.4, -0.2) is 37.2 Å². The van der Waals surface area contributed by atoms with Crippen molar-refractivity contribution in [1.29, 1.82) is 0 Å². The first-order valence-corrected chi connectivity index (χ1v) is 12.0. The fraction of sp³-hybridized carbons (Fsp3) is 0.348. The Morgan fingerprint density at radius 1 is 1.09 bits per heavy atom. The number of ether oxygens (including phenoxy) is 3. The van der Waals surface area contributed by atoms with Crippen molar-refractivity contribution in [1.82, 2.24) is 4.98 Å². The number of benzene rings is 1. The molecule has 1 aliphatic carbocycles. The molecule has 0 radical (unpaired) electrons. The van der Waals surface area contributed by atoms with Crippen LogP contribution in [-0.2, 0) is 22.4 Å². The molecule has 1 amide bonds. The van der Waals surface area contributed by atoms with E-state index >= 15 is 0 Å². The Kier molecular flexibility index (Phi) is 6.76. The van der Waals surface area contributed by atoms with Crippen molar-refractivity contribution in [3.8, 4) is 22.8 Å². The number of thiophene rings is 1. The maximum Gasteiger partial charge on any atom is 0.349 e. The Bertz CT molecular complexity index is 1110. The van der Waals surface area contributed by atoms with Crippen LogP contribution >= 0.6 is 22.7 Å². The topological polar surface area (TPSA) is 86.8 Å². The number of carbonyl (C=O) groups excluding carboxylic acids is 2. The first-order valence-electron chi connectivity index (χ1n) is 10.3. The summed E-state index contributed by atoms with van der Waals surface area (Å²) in [6.07, 6.45) is 3.38. The van der Waals surface area contributed by atoms with Gasteiger partial charge >= 0.3 is 5.97 Å². The van der Waals surface area contributed by atoms with Crippen LogP contribution in [0.1, 0.15) is 39.9 Å². The molecule has 7 nitrogen and oxygen atoms in total. The highest BCUT2D eigenvalue weighted by atomic mass is 32.1. The average Bonchev–Trinajstić information content (AvgIpc) is 3.45. The molecule has 0 aliphatic heterocycles. The van der Waals surface area contributed by atoms with E-state index in [1.54, 1.807) is 27.2 Å². The van der Waals surface area contributed by atoms with E-state index in [9.17, 15) is 9.59 Å². The van der Waals surface area contributed by atoms with Crippen LogP contribution < -0.4 is 14.8 Å². The minimum absolute atomic E-state index is 0.423. The lowest BCUT2D eigenvalue weighted by Crippen LogP contribution is -2.29. The molecule has 0 fully saturated rings. The summed E-state index contributed by atoms with van der Waals surface area (Å²) in [6.45, 7) is 1.56. The Morgan fingerprint density at radius 2 is 1.88 bits per heavy atom. The van der Waals surface area contributed by atoms with Crippen molar-refractivity contribution in [2.75, 3.05) is 19.5 Å². The predicted molar refractivity (Wildman–Crippen MR) is 125 cm³/mol. The Labute approximate surface area is 194 Å². The molecule has 1 N–H and O–H groups in total. The third kappa shape index (κ3) is 4.78. The standard InChI is InChI=1S/C23H24N2O5S2/c1-13(30-22(27)20-11-15-6-4-5-7-19(15)32-20)21(26)25-23-24-16(12-31-23)14-8-9-17(28-2)18(10-14)29-3/h8-13H,4-7H2,1-3H3,(H,24,25,26). The number of nitrogens with one attached hydrogen (secondary N) is 1. The normalized spacial score (nSPS) is 13.7. The number of methoxy groups -OCH3 is 2. The molecule has 168 valence electrons. The van der Waals surface area contributed by atoms with E-state index in [0.29, 0.717) is 27.2 Å². The molecule has 1 atom stereocenters. The zero-order chi connectivity index (χ0) is 22.7. The summed E-state index contributed by atoms with van der Waals surface area (Å²) in [4.78, 5) is 31.3. The number of aromatic nitrogens is 1. The van der Waals surface area contributed by atoms with Gasteiger partial charge in [-0.1, -0.05) is 0 Å². The van der Waals surface area contributed by atoms with Gasteiger partial charge in [0.2, 0.25) is 0 Å². The molecule has 2 heterocycles. The molecule has 2 aromatic heterocycles. The highest BCUT2D eigenvalue weighted by molar-refractivity contribution is 7.14. The van der Waals surface area contributed by atoms with Gasteiger partial charge in [0.25, 0.3) is 5.91 Å². The summed E-state index contributed by atoms with van der Waals surface area (Å²) in [6, 6.07) is 7.40. The van der Waals surface area contributed by atoms with E-state index in [1.807, 2.05) is 23.6 Å². The summed E-state index contributed by atoms with van der Waals surface area (Å²) < 4.78 is 16.0. The third-order valence-electron chi connectivity index (χ3n) is 5.26. The number of fused-ring (bicyclic) bond motifs is 1. The van der Waals surface area contributed by atoms with Gasteiger partial charge in [-0.05, 0) is 62.4 Å². The number of anilines is 1. The fourth-order valence-corrected chi connectivity index (χ4v) is 5.39. The third-order valence-corrected chi connectivity index (χ3v) is 7.24. The highest BCUT2D eigenvalue weighted by Crippen LogP contribution is 2.34. The van der Waals surface area contributed by atoms with Crippen LogP contribution in [0.4, 0.5) is 5.13 Å². The number of rotatable bonds is 7. The van der Waals surface area contributed by atoms with Crippen molar-refractivity contribution < 1.29 is 23.8 Å². The molecule has 32 heavy (non-hydrogen) atoms. The van der Waals surface area contributed by atoms with Crippen molar-refractivity contribution in [3.63, 3.8) is 0 Å². The molecule has 9 heteroatoms. The van der Waals surface area contributed by atoms with E-state index in [4.69, 9.17) is 14.2 Å². The molecular weight excluding hydrogens is 448 g/mol. The largest absolute Gasteiger partial charge is 0.493 e. The van der Waals surface area contributed by atoms with E-state index in [-0.39, 0.29) is 0 Å². The second-order valence-corrected chi connectivity index (χ2v) is 9.41. The maximum absolute atomic E-state index is 12.5. The molecule has 1 aliphatic rings. The van der Waals surface area contributed by atoms with Crippen molar-refractivity contribution in [3.05, 3.63) is 45.0 Å². The quantitative estimate of drug-likeness (QED) is 0.490. The van der Waals surface area contributed by atoms with Crippen molar-refractivity contribution in [2.45, 2.75) is 38.7 Å². The summed E-state index contributed by atoms with van der Waals surface area (Å²) in [5.41, 5.74) is 2.76. The number of hydrogen-bond donors (Lipinski definition) is 1. The summed E-state index contributed by atoms with van der Waals surface area (Å²) >= 11 is 2.77. The monoisotopic (exact) mass is 472 g/mol.